The average Bonchev–Trinajstić information content (AvgIpc) is 2.97. The van der Waals surface area contributed by atoms with E-state index in [1.165, 1.54) is 6.20 Å². The number of carbonyl (C=O) groups excluding carboxylic acids is 2. The minimum Gasteiger partial charge on any atom is -0.382 e. The number of nitrogen functional groups attached to an aromatic ring is 1. The van der Waals surface area contributed by atoms with Crippen LogP contribution in [-0.4, -0.2) is 21.7 Å². The minimum atomic E-state index is -0.316. The molecule has 0 aliphatic heterocycles. The second-order valence-corrected chi connectivity index (χ2v) is 8.51. The van der Waals surface area contributed by atoms with Crippen LogP contribution in [0.25, 0.3) is 22.4 Å². The van der Waals surface area contributed by atoms with Crippen LogP contribution in [0.3, 0.4) is 0 Å². The maximum Gasteiger partial charge on any atom is 0.251 e. The summed E-state index contributed by atoms with van der Waals surface area (Å²) in [5, 5.41) is 2.92. The summed E-state index contributed by atoms with van der Waals surface area (Å²) in [6, 6.07) is 34.0. The zero-order chi connectivity index (χ0) is 25.6. The van der Waals surface area contributed by atoms with E-state index < -0.39 is 0 Å². The van der Waals surface area contributed by atoms with E-state index in [9.17, 15) is 9.59 Å². The zero-order valence-corrected chi connectivity index (χ0v) is 20.0. The first-order valence-electron chi connectivity index (χ1n) is 11.8. The van der Waals surface area contributed by atoms with Crippen LogP contribution < -0.4 is 11.1 Å². The van der Waals surface area contributed by atoms with Gasteiger partial charge in [0, 0.05) is 23.2 Å². The Kier molecular flexibility index (Phi) is 6.81. The highest BCUT2D eigenvalue weighted by Gasteiger charge is 2.17. The standard InChI is InChI=1S/C31H24N4O2/c32-30-28(29(36)24-16-14-23(15-17-24)22-10-5-2-6-11-22)35-27(20-33-30)25-12-7-13-26(18-25)31(37)34-19-21-8-3-1-4-9-21/h1-18,20H,19H2,(H2,32,33)(H,34,37). The Labute approximate surface area is 214 Å². The number of amides is 1. The van der Waals surface area contributed by atoms with Gasteiger partial charge in [0.15, 0.2) is 11.5 Å². The third-order valence-electron chi connectivity index (χ3n) is 5.99. The zero-order valence-electron chi connectivity index (χ0n) is 20.0. The Bertz CT molecular complexity index is 1550. The van der Waals surface area contributed by atoms with Gasteiger partial charge in [-0.3, -0.25) is 9.59 Å². The van der Waals surface area contributed by atoms with E-state index in [0.29, 0.717) is 28.9 Å². The molecule has 0 aliphatic carbocycles. The average molecular weight is 485 g/mol. The molecular weight excluding hydrogens is 460 g/mol. The molecule has 37 heavy (non-hydrogen) atoms. The van der Waals surface area contributed by atoms with Crippen molar-refractivity contribution in [1.29, 1.82) is 0 Å². The monoisotopic (exact) mass is 484 g/mol. The van der Waals surface area contributed by atoms with Gasteiger partial charge in [-0.1, -0.05) is 97.1 Å². The van der Waals surface area contributed by atoms with Crippen LogP contribution in [0.1, 0.15) is 32.0 Å². The Morgan fingerprint density at radius 3 is 2.08 bits per heavy atom. The fourth-order valence-electron chi connectivity index (χ4n) is 3.99. The lowest BCUT2D eigenvalue weighted by molar-refractivity contribution is 0.0950. The number of hydrogen-bond donors (Lipinski definition) is 2. The molecule has 0 radical (unpaired) electrons. The first-order chi connectivity index (χ1) is 18.1. The summed E-state index contributed by atoms with van der Waals surface area (Å²) in [6.45, 7) is 0.424. The molecule has 180 valence electrons. The van der Waals surface area contributed by atoms with Gasteiger partial charge in [0.2, 0.25) is 5.78 Å². The summed E-state index contributed by atoms with van der Waals surface area (Å²) in [5.74, 6) is -0.468. The quantitative estimate of drug-likeness (QED) is 0.295. The lowest BCUT2D eigenvalue weighted by Crippen LogP contribution is -2.22. The van der Waals surface area contributed by atoms with Crippen LogP contribution >= 0.6 is 0 Å². The maximum absolute atomic E-state index is 13.2. The number of carbonyl (C=O) groups is 2. The third-order valence-corrected chi connectivity index (χ3v) is 5.99. The predicted octanol–water partition coefficient (Wildman–Crippen LogP) is 5.55. The molecule has 0 spiro atoms. The van der Waals surface area contributed by atoms with Gasteiger partial charge in [0.25, 0.3) is 5.91 Å². The molecule has 0 aliphatic rings. The van der Waals surface area contributed by atoms with E-state index in [0.717, 1.165) is 16.7 Å². The molecule has 0 fully saturated rings. The van der Waals surface area contributed by atoms with Crippen molar-refractivity contribution in [1.82, 2.24) is 15.3 Å². The topological polar surface area (TPSA) is 98.0 Å². The Morgan fingerprint density at radius 2 is 1.35 bits per heavy atom. The summed E-state index contributed by atoms with van der Waals surface area (Å²) in [6.07, 6.45) is 1.51. The minimum absolute atomic E-state index is 0.0534. The molecule has 1 heterocycles. The van der Waals surface area contributed by atoms with Crippen LogP contribution in [0.15, 0.2) is 115 Å². The molecule has 6 heteroatoms. The van der Waals surface area contributed by atoms with Crippen LogP contribution in [-0.2, 0) is 6.54 Å². The normalized spacial score (nSPS) is 10.6. The number of hydrogen-bond acceptors (Lipinski definition) is 5. The SMILES string of the molecule is Nc1ncc(-c2cccc(C(=O)NCc3ccccc3)c2)nc1C(=O)c1ccc(-c2ccccc2)cc1. The van der Waals surface area contributed by atoms with E-state index in [2.05, 4.69) is 15.3 Å². The lowest BCUT2D eigenvalue weighted by Gasteiger charge is -2.09. The number of nitrogens with zero attached hydrogens (tertiary/aromatic N) is 2. The van der Waals surface area contributed by atoms with Gasteiger partial charge < -0.3 is 11.1 Å². The molecule has 0 bridgehead atoms. The van der Waals surface area contributed by atoms with Crippen molar-refractivity contribution in [3.05, 3.63) is 138 Å². The maximum atomic E-state index is 13.2. The van der Waals surface area contributed by atoms with Crippen LogP contribution in [0.2, 0.25) is 0 Å². The highest BCUT2D eigenvalue weighted by atomic mass is 16.1. The van der Waals surface area contributed by atoms with Gasteiger partial charge in [-0.15, -0.1) is 0 Å². The van der Waals surface area contributed by atoms with Gasteiger partial charge in [-0.25, -0.2) is 9.97 Å². The molecule has 0 atom stereocenters. The number of nitrogens with two attached hydrogens (primary N) is 1. The third kappa shape index (κ3) is 5.44. The van der Waals surface area contributed by atoms with E-state index in [-0.39, 0.29) is 23.2 Å². The van der Waals surface area contributed by atoms with Gasteiger partial charge >= 0.3 is 0 Å². The highest BCUT2D eigenvalue weighted by molar-refractivity contribution is 6.10. The first-order valence-corrected chi connectivity index (χ1v) is 11.8. The molecule has 4 aromatic carbocycles. The summed E-state index contributed by atoms with van der Waals surface area (Å²) >= 11 is 0. The number of nitrogens with one attached hydrogen (secondary N) is 1. The molecule has 5 rings (SSSR count). The van der Waals surface area contributed by atoms with Crippen molar-refractivity contribution >= 4 is 17.5 Å². The summed E-state index contributed by atoms with van der Waals surface area (Å²) in [4.78, 5) is 34.7. The second kappa shape index (κ2) is 10.7. The van der Waals surface area contributed by atoms with E-state index in [4.69, 9.17) is 5.73 Å². The van der Waals surface area contributed by atoms with Crippen LogP contribution in [0.4, 0.5) is 5.82 Å². The Morgan fingerprint density at radius 1 is 0.703 bits per heavy atom. The second-order valence-electron chi connectivity index (χ2n) is 8.51. The molecular formula is C31H24N4O2. The van der Waals surface area contributed by atoms with E-state index in [1.54, 1.807) is 30.3 Å². The Balaban J connectivity index is 1.36. The van der Waals surface area contributed by atoms with Crippen LogP contribution in [0.5, 0.6) is 0 Å². The first kappa shape index (κ1) is 23.6. The summed E-state index contributed by atoms with van der Waals surface area (Å²) in [5.41, 5.74) is 11.3. The smallest absolute Gasteiger partial charge is 0.251 e. The van der Waals surface area contributed by atoms with Crippen molar-refractivity contribution in [3.63, 3.8) is 0 Å². The van der Waals surface area contributed by atoms with Crippen LogP contribution in [0, 0.1) is 0 Å². The fraction of sp³-hybridized carbons (Fsp3) is 0.0323. The summed E-state index contributed by atoms with van der Waals surface area (Å²) in [7, 11) is 0. The van der Waals surface area contributed by atoms with Gasteiger partial charge in [0.05, 0.1) is 11.9 Å². The van der Waals surface area contributed by atoms with Crippen molar-refractivity contribution in [2.75, 3.05) is 5.73 Å². The van der Waals surface area contributed by atoms with Gasteiger partial charge in [-0.05, 0) is 28.8 Å². The number of anilines is 1. The number of rotatable bonds is 7. The molecule has 3 N–H and O–H groups in total. The van der Waals surface area contributed by atoms with Crippen molar-refractivity contribution in [2.45, 2.75) is 6.54 Å². The molecule has 5 aromatic rings. The number of aromatic nitrogens is 2. The largest absolute Gasteiger partial charge is 0.382 e. The van der Waals surface area contributed by atoms with Gasteiger partial charge in [-0.2, -0.15) is 0 Å². The van der Waals surface area contributed by atoms with Gasteiger partial charge in [0.1, 0.15) is 0 Å². The number of benzene rings is 4. The molecule has 0 saturated heterocycles. The Hall–Kier alpha value is -5.10. The molecule has 6 nitrogen and oxygen atoms in total. The van der Waals surface area contributed by atoms with Crippen molar-refractivity contribution < 1.29 is 9.59 Å². The fourth-order valence-corrected chi connectivity index (χ4v) is 3.99. The highest BCUT2D eigenvalue weighted by Crippen LogP contribution is 2.23. The van der Waals surface area contributed by atoms with E-state index >= 15 is 0 Å². The lowest BCUT2D eigenvalue weighted by atomic mass is 10.0. The summed E-state index contributed by atoms with van der Waals surface area (Å²) < 4.78 is 0. The van der Waals surface area contributed by atoms with Crippen molar-refractivity contribution in [2.24, 2.45) is 0 Å². The van der Waals surface area contributed by atoms with Crippen molar-refractivity contribution in [3.8, 4) is 22.4 Å². The molecule has 0 unspecified atom stereocenters. The van der Waals surface area contributed by atoms with E-state index in [1.807, 2.05) is 78.9 Å². The molecule has 0 saturated carbocycles. The molecule has 1 amide bonds. The predicted molar refractivity (Wildman–Crippen MR) is 145 cm³/mol. The molecule has 1 aromatic heterocycles. The number of ketones is 1.